The minimum atomic E-state index is -0.584. The van der Waals surface area contributed by atoms with Gasteiger partial charge in [0.05, 0.1) is 12.1 Å². The van der Waals surface area contributed by atoms with Crippen LogP contribution in [0.25, 0.3) is 0 Å². The average Bonchev–Trinajstić information content (AvgIpc) is 2.30. The number of benzene rings is 1. The molecule has 0 bridgehead atoms. The van der Waals surface area contributed by atoms with E-state index in [1.807, 2.05) is 36.9 Å². The van der Waals surface area contributed by atoms with Crippen LogP contribution in [0.15, 0.2) is 18.2 Å². The van der Waals surface area contributed by atoms with Crippen molar-refractivity contribution in [2.75, 3.05) is 25.0 Å². The molecule has 1 aromatic carbocycles. The van der Waals surface area contributed by atoms with Gasteiger partial charge < -0.3 is 10.4 Å². The summed E-state index contributed by atoms with van der Waals surface area (Å²) in [6.07, 6.45) is 0.737. The molecule has 1 aliphatic heterocycles. The molecule has 0 unspecified atom stereocenters. The Morgan fingerprint density at radius 3 is 2.79 bits per heavy atom. The van der Waals surface area contributed by atoms with Gasteiger partial charge in [-0.1, -0.05) is 6.92 Å². The zero-order valence-electron chi connectivity index (χ0n) is 11.2. The Balaban J connectivity index is 1.85. The molecule has 4 nitrogen and oxygen atoms in total. The Labute approximate surface area is 127 Å². The van der Waals surface area contributed by atoms with Gasteiger partial charge in [-0.3, -0.25) is 9.69 Å². The highest BCUT2D eigenvalue weighted by Gasteiger charge is 2.39. The van der Waals surface area contributed by atoms with Crippen LogP contribution in [0.5, 0.6) is 0 Å². The maximum absolute atomic E-state index is 11.9. The first-order valence-electron chi connectivity index (χ1n) is 6.42. The molecule has 5 heteroatoms. The molecule has 1 fully saturated rings. The maximum atomic E-state index is 11.9. The van der Waals surface area contributed by atoms with Crippen LogP contribution in [0.4, 0.5) is 5.69 Å². The van der Waals surface area contributed by atoms with Crippen LogP contribution in [0.2, 0.25) is 0 Å². The number of nitrogens with zero attached hydrogens (tertiary/aromatic N) is 1. The first-order valence-corrected chi connectivity index (χ1v) is 7.50. The van der Waals surface area contributed by atoms with Gasteiger partial charge in [0.1, 0.15) is 0 Å². The lowest BCUT2D eigenvalue weighted by molar-refractivity contribution is -0.128. The summed E-state index contributed by atoms with van der Waals surface area (Å²) in [4.78, 5) is 13.9. The van der Waals surface area contributed by atoms with E-state index in [1.165, 1.54) is 0 Å². The number of β-amino-alcohol motifs (C(OH)–C–C–N with tert-alkyl or cyclic N) is 1. The fourth-order valence-electron chi connectivity index (χ4n) is 2.28. The second kappa shape index (κ2) is 5.76. The van der Waals surface area contributed by atoms with E-state index in [0.717, 1.165) is 21.2 Å². The normalized spacial score (nSPS) is 17.9. The average molecular weight is 374 g/mol. The highest BCUT2D eigenvalue weighted by molar-refractivity contribution is 14.1. The third-order valence-corrected chi connectivity index (χ3v) is 4.19. The van der Waals surface area contributed by atoms with Gasteiger partial charge in [0, 0.05) is 22.3 Å². The number of hydrogen-bond acceptors (Lipinski definition) is 3. The van der Waals surface area contributed by atoms with Gasteiger partial charge in [-0.05, 0) is 59.7 Å². The predicted octanol–water partition coefficient (Wildman–Crippen LogP) is 1.99. The second-order valence-corrected chi connectivity index (χ2v) is 6.48. The Kier molecular flexibility index (Phi) is 4.47. The fraction of sp³-hybridized carbons (Fsp3) is 0.500. The Morgan fingerprint density at radius 2 is 2.21 bits per heavy atom. The van der Waals surface area contributed by atoms with Crippen molar-refractivity contribution in [3.63, 3.8) is 0 Å². The molecular weight excluding hydrogens is 355 g/mol. The number of nitrogens with one attached hydrogen (secondary N) is 1. The Bertz CT molecular complexity index is 484. The highest BCUT2D eigenvalue weighted by atomic mass is 127. The molecule has 0 saturated carbocycles. The first-order chi connectivity index (χ1) is 8.92. The van der Waals surface area contributed by atoms with Gasteiger partial charge in [-0.2, -0.15) is 0 Å². The number of hydrogen-bond donors (Lipinski definition) is 2. The monoisotopic (exact) mass is 374 g/mol. The predicted molar refractivity (Wildman–Crippen MR) is 84.2 cm³/mol. The summed E-state index contributed by atoms with van der Waals surface area (Å²) < 4.78 is 1.16. The number of anilines is 1. The number of aryl methyl sites for hydroxylation is 1. The molecule has 2 rings (SSSR count). The zero-order chi connectivity index (χ0) is 14.0. The number of carbonyl (C=O) groups is 1. The van der Waals surface area contributed by atoms with E-state index in [9.17, 15) is 9.90 Å². The number of carbonyl (C=O) groups excluding carboxylic acids is 1. The lowest BCUT2D eigenvalue weighted by Crippen LogP contribution is -2.62. The van der Waals surface area contributed by atoms with Crippen LogP contribution in [-0.4, -0.2) is 41.1 Å². The van der Waals surface area contributed by atoms with Crippen LogP contribution < -0.4 is 5.32 Å². The molecule has 1 aromatic rings. The van der Waals surface area contributed by atoms with Gasteiger partial charge in [-0.15, -0.1) is 0 Å². The number of aliphatic hydroxyl groups is 1. The van der Waals surface area contributed by atoms with Crippen molar-refractivity contribution < 1.29 is 9.90 Å². The molecule has 1 aliphatic rings. The van der Waals surface area contributed by atoms with E-state index in [2.05, 4.69) is 27.9 Å². The minimum absolute atomic E-state index is 0.0255. The summed E-state index contributed by atoms with van der Waals surface area (Å²) in [5.74, 6) is -0.0255. The number of rotatable bonds is 4. The standard InChI is InChI=1S/C14H19IN2O2/c1-3-14(19)8-17(9-14)7-13(18)16-12-5-4-11(15)6-10(12)2/h4-6,19H,3,7-9H2,1-2H3,(H,16,18). The van der Waals surface area contributed by atoms with E-state index >= 15 is 0 Å². The molecule has 0 aromatic heterocycles. The van der Waals surface area contributed by atoms with Crippen molar-refractivity contribution in [2.24, 2.45) is 0 Å². The third kappa shape index (κ3) is 3.67. The van der Waals surface area contributed by atoms with Crippen molar-refractivity contribution in [1.29, 1.82) is 0 Å². The quantitative estimate of drug-likeness (QED) is 0.793. The van der Waals surface area contributed by atoms with Crippen LogP contribution in [0, 0.1) is 10.5 Å². The molecule has 1 amide bonds. The third-order valence-electron chi connectivity index (χ3n) is 3.52. The van der Waals surface area contributed by atoms with E-state index in [4.69, 9.17) is 0 Å². The fourth-order valence-corrected chi connectivity index (χ4v) is 2.93. The molecule has 104 valence electrons. The summed E-state index contributed by atoms with van der Waals surface area (Å²) in [6, 6.07) is 5.94. The molecule has 0 atom stereocenters. The van der Waals surface area contributed by atoms with E-state index < -0.39 is 5.60 Å². The van der Waals surface area contributed by atoms with Crippen LogP contribution in [0.1, 0.15) is 18.9 Å². The molecule has 0 spiro atoms. The highest BCUT2D eigenvalue weighted by Crippen LogP contribution is 2.24. The summed E-state index contributed by atoms with van der Waals surface area (Å²) in [6.45, 7) is 5.46. The van der Waals surface area contributed by atoms with Crippen molar-refractivity contribution in [2.45, 2.75) is 25.9 Å². The topological polar surface area (TPSA) is 52.6 Å². The Morgan fingerprint density at radius 1 is 1.53 bits per heavy atom. The molecule has 2 N–H and O–H groups in total. The maximum Gasteiger partial charge on any atom is 0.238 e. The van der Waals surface area contributed by atoms with E-state index in [-0.39, 0.29) is 5.91 Å². The molecular formula is C14H19IN2O2. The molecule has 0 radical (unpaired) electrons. The van der Waals surface area contributed by atoms with E-state index in [0.29, 0.717) is 19.6 Å². The first kappa shape index (κ1) is 14.7. The van der Waals surface area contributed by atoms with Crippen LogP contribution >= 0.6 is 22.6 Å². The summed E-state index contributed by atoms with van der Waals surface area (Å²) >= 11 is 2.25. The zero-order valence-corrected chi connectivity index (χ0v) is 13.4. The SMILES string of the molecule is CCC1(O)CN(CC(=O)Nc2ccc(I)cc2C)C1. The molecule has 19 heavy (non-hydrogen) atoms. The van der Waals surface area contributed by atoms with Crippen molar-refractivity contribution in [3.8, 4) is 0 Å². The van der Waals surface area contributed by atoms with Crippen LogP contribution in [0.3, 0.4) is 0 Å². The smallest absolute Gasteiger partial charge is 0.238 e. The second-order valence-electron chi connectivity index (χ2n) is 5.23. The van der Waals surface area contributed by atoms with Gasteiger partial charge in [0.25, 0.3) is 0 Å². The Hall–Kier alpha value is -0.660. The van der Waals surface area contributed by atoms with Crippen molar-refractivity contribution in [1.82, 2.24) is 4.90 Å². The lowest BCUT2D eigenvalue weighted by Gasteiger charge is -2.45. The molecule has 1 heterocycles. The molecule has 1 saturated heterocycles. The van der Waals surface area contributed by atoms with Crippen molar-refractivity contribution >= 4 is 34.2 Å². The summed E-state index contributed by atoms with van der Waals surface area (Å²) in [5.41, 5.74) is 1.34. The van der Waals surface area contributed by atoms with Crippen molar-refractivity contribution in [3.05, 3.63) is 27.3 Å². The van der Waals surface area contributed by atoms with Gasteiger partial charge >= 0.3 is 0 Å². The van der Waals surface area contributed by atoms with Crippen LogP contribution in [-0.2, 0) is 4.79 Å². The van der Waals surface area contributed by atoms with Gasteiger partial charge in [0.2, 0.25) is 5.91 Å². The summed E-state index contributed by atoms with van der Waals surface area (Å²) in [5, 5.41) is 12.8. The molecule has 0 aliphatic carbocycles. The number of halogens is 1. The van der Waals surface area contributed by atoms with E-state index in [1.54, 1.807) is 0 Å². The lowest BCUT2D eigenvalue weighted by atomic mass is 9.91. The number of amides is 1. The number of likely N-dealkylation sites (tertiary alicyclic amines) is 1. The minimum Gasteiger partial charge on any atom is -0.387 e. The van der Waals surface area contributed by atoms with Gasteiger partial charge in [-0.25, -0.2) is 0 Å². The summed E-state index contributed by atoms with van der Waals surface area (Å²) in [7, 11) is 0. The van der Waals surface area contributed by atoms with Gasteiger partial charge in [0.15, 0.2) is 0 Å². The largest absolute Gasteiger partial charge is 0.387 e.